The fourth-order valence-corrected chi connectivity index (χ4v) is 1.12. The Hall–Kier alpha value is -1.58. The number of anilines is 1. The number of aromatic nitrogens is 1. The van der Waals surface area contributed by atoms with Crippen LogP contribution in [0.15, 0.2) is 18.5 Å². The summed E-state index contributed by atoms with van der Waals surface area (Å²) >= 11 is 0. The van der Waals surface area contributed by atoms with Gasteiger partial charge < -0.3 is 14.7 Å². The molecule has 0 unspecified atom stereocenters. The molecule has 0 radical (unpaired) electrons. The number of aromatic amines is 1. The molecule has 1 aromatic rings. The van der Waals surface area contributed by atoms with Gasteiger partial charge >= 0.3 is 0 Å². The Morgan fingerprint density at radius 2 is 2.14 bits per heavy atom. The van der Waals surface area contributed by atoms with Gasteiger partial charge in [0.2, 0.25) is 5.91 Å². The molecule has 0 aliphatic carbocycles. The van der Waals surface area contributed by atoms with Crippen LogP contribution in [-0.4, -0.2) is 23.7 Å². The third-order valence-electron chi connectivity index (χ3n) is 2.03. The minimum absolute atomic E-state index is 0.0419. The Bertz CT molecular complexity index is 317. The highest BCUT2D eigenvalue weighted by Crippen LogP contribution is 2.11. The highest BCUT2D eigenvalue weighted by molar-refractivity contribution is 5.94. The minimum Gasteiger partial charge on any atom is -0.366 e. The number of carbonyl (C=O) groups is 2. The molecule has 1 aromatic heterocycles. The zero-order valence-electron chi connectivity index (χ0n) is 8.41. The molecule has 0 bridgehead atoms. The molecule has 0 fully saturated rings. The molecule has 76 valence electrons. The average molecular weight is 194 g/mol. The zero-order chi connectivity index (χ0) is 10.6. The van der Waals surface area contributed by atoms with Gasteiger partial charge in [0.1, 0.15) is 5.78 Å². The third kappa shape index (κ3) is 2.73. The highest BCUT2D eigenvalue weighted by atomic mass is 16.2. The van der Waals surface area contributed by atoms with Gasteiger partial charge in [-0.25, -0.2) is 0 Å². The van der Waals surface area contributed by atoms with E-state index in [9.17, 15) is 9.59 Å². The van der Waals surface area contributed by atoms with Crippen molar-refractivity contribution < 1.29 is 9.59 Å². The van der Waals surface area contributed by atoms with Crippen LogP contribution in [0.3, 0.4) is 0 Å². The second kappa shape index (κ2) is 4.60. The Kier molecular flexibility index (Phi) is 3.45. The van der Waals surface area contributed by atoms with Crippen molar-refractivity contribution in [2.75, 3.05) is 11.9 Å². The molecule has 4 heteroatoms. The molecular weight excluding hydrogens is 180 g/mol. The Morgan fingerprint density at radius 3 is 2.64 bits per heavy atom. The molecule has 0 spiro atoms. The summed E-state index contributed by atoms with van der Waals surface area (Å²) in [7, 11) is 1.70. The van der Waals surface area contributed by atoms with Crippen molar-refractivity contribution in [3.05, 3.63) is 18.5 Å². The highest BCUT2D eigenvalue weighted by Gasteiger charge is 2.11. The van der Waals surface area contributed by atoms with Crippen molar-refractivity contribution >= 4 is 17.4 Å². The number of hydrogen-bond acceptors (Lipinski definition) is 2. The van der Waals surface area contributed by atoms with Crippen LogP contribution in [0.4, 0.5) is 5.69 Å². The molecule has 0 saturated heterocycles. The minimum atomic E-state index is -0.0419. The average Bonchev–Trinajstić information content (AvgIpc) is 2.65. The van der Waals surface area contributed by atoms with Crippen LogP contribution in [0.5, 0.6) is 0 Å². The fourth-order valence-electron chi connectivity index (χ4n) is 1.12. The summed E-state index contributed by atoms with van der Waals surface area (Å²) in [6, 6.07) is 1.81. The Morgan fingerprint density at radius 1 is 1.43 bits per heavy atom. The van der Waals surface area contributed by atoms with Gasteiger partial charge in [-0.15, -0.1) is 0 Å². The van der Waals surface area contributed by atoms with Gasteiger partial charge in [-0.2, -0.15) is 0 Å². The lowest BCUT2D eigenvalue weighted by molar-refractivity contribution is -0.122. The number of H-pyrrole nitrogens is 1. The first-order valence-electron chi connectivity index (χ1n) is 4.50. The molecule has 1 rings (SSSR count). The van der Waals surface area contributed by atoms with Crippen LogP contribution in [0.2, 0.25) is 0 Å². The predicted octanol–water partition coefficient (Wildman–Crippen LogP) is 1.35. The number of carbonyl (C=O) groups excluding carboxylic acids is 2. The van der Waals surface area contributed by atoms with Gasteiger partial charge in [-0.05, 0) is 13.0 Å². The van der Waals surface area contributed by atoms with Crippen LogP contribution < -0.4 is 4.90 Å². The first-order chi connectivity index (χ1) is 6.61. The van der Waals surface area contributed by atoms with Gasteiger partial charge in [-0.3, -0.25) is 4.79 Å². The Balaban J connectivity index is 2.49. The fraction of sp³-hybridized carbons (Fsp3) is 0.400. The predicted molar refractivity (Wildman–Crippen MR) is 54.1 cm³/mol. The number of hydrogen-bond donors (Lipinski definition) is 1. The van der Waals surface area contributed by atoms with Crippen LogP contribution >= 0.6 is 0 Å². The van der Waals surface area contributed by atoms with Gasteiger partial charge in [-0.1, -0.05) is 0 Å². The van der Waals surface area contributed by atoms with Gasteiger partial charge in [0.25, 0.3) is 0 Å². The smallest absolute Gasteiger partial charge is 0.227 e. The summed E-state index contributed by atoms with van der Waals surface area (Å²) in [4.78, 5) is 26.6. The zero-order valence-corrected chi connectivity index (χ0v) is 8.41. The molecule has 0 saturated carbocycles. The van der Waals surface area contributed by atoms with Crippen LogP contribution in [-0.2, 0) is 9.59 Å². The first kappa shape index (κ1) is 10.5. The SMILES string of the molecule is CC(=O)CCC(=O)N(C)c1cc[nH]c1. The summed E-state index contributed by atoms with van der Waals surface area (Å²) in [6.45, 7) is 1.49. The Labute approximate surface area is 82.9 Å². The molecule has 1 amide bonds. The molecule has 1 N–H and O–H groups in total. The molecule has 0 aromatic carbocycles. The van der Waals surface area contributed by atoms with E-state index >= 15 is 0 Å². The van der Waals surface area contributed by atoms with Crippen LogP contribution in [0.1, 0.15) is 19.8 Å². The van der Waals surface area contributed by atoms with E-state index < -0.39 is 0 Å². The van der Waals surface area contributed by atoms with E-state index in [0.29, 0.717) is 6.42 Å². The van der Waals surface area contributed by atoms with E-state index in [1.165, 1.54) is 6.92 Å². The number of nitrogens with zero attached hydrogens (tertiary/aromatic N) is 1. The number of ketones is 1. The molecule has 14 heavy (non-hydrogen) atoms. The maximum absolute atomic E-state index is 11.5. The van der Waals surface area contributed by atoms with Crippen LogP contribution in [0, 0.1) is 0 Å². The summed E-state index contributed by atoms with van der Waals surface area (Å²) < 4.78 is 0. The largest absolute Gasteiger partial charge is 0.366 e. The number of amides is 1. The monoisotopic (exact) mass is 194 g/mol. The topological polar surface area (TPSA) is 53.2 Å². The van der Waals surface area contributed by atoms with E-state index in [4.69, 9.17) is 0 Å². The van der Waals surface area contributed by atoms with Gasteiger partial charge in [0.15, 0.2) is 0 Å². The quantitative estimate of drug-likeness (QED) is 0.786. The standard InChI is InChI=1S/C10H14N2O2/c1-8(13)3-4-10(14)12(2)9-5-6-11-7-9/h5-7,11H,3-4H2,1-2H3. The third-order valence-corrected chi connectivity index (χ3v) is 2.03. The number of Topliss-reactive ketones (excluding diaryl/α,β-unsaturated/α-hetero) is 1. The van der Waals surface area contributed by atoms with Crippen molar-refractivity contribution in [2.24, 2.45) is 0 Å². The maximum Gasteiger partial charge on any atom is 0.227 e. The summed E-state index contributed by atoms with van der Waals surface area (Å²) in [5.41, 5.74) is 0.818. The lowest BCUT2D eigenvalue weighted by atomic mass is 10.2. The summed E-state index contributed by atoms with van der Waals surface area (Å²) in [6.07, 6.45) is 4.08. The molecule has 0 atom stereocenters. The van der Waals surface area contributed by atoms with Crippen molar-refractivity contribution in [1.82, 2.24) is 4.98 Å². The molecule has 1 heterocycles. The number of rotatable bonds is 4. The van der Waals surface area contributed by atoms with Gasteiger partial charge in [0.05, 0.1) is 5.69 Å². The first-order valence-corrected chi connectivity index (χ1v) is 4.50. The van der Waals surface area contributed by atoms with E-state index in [-0.39, 0.29) is 18.1 Å². The molecule has 0 aliphatic rings. The van der Waals surface area contributed by atoms with Crippen molar-refractivity contribution in [3.8, 4) is 0 Å². The second-order valence-electron chi connectivity index (χ2n) is 3.22. The normalized spacial score (nSPS) is 9.86. The van der Waals surface area contributed by atoms with E-state index in [1.54, 1.807) is 24.3 Å². The van der Waals surface area contributed by atoms with Crippen molar-refractivity contribution in [3.63, 3.8) is 0 Å². The lowest BCUT2D eigenvalue weighted by Gasteiger charge is -2.14. The molecule has 0 aliphatic heterocycles. The van der Waals surface area contributed by atoms with Crippen molar-refractivity contribution in [1.29, 1.82) is 0 Å². The van der Waals surface area contributed by atoms with Crippen molar-refractivity contribution in [2.45, 2.75) is 19.8 Å². The summed E-state index contributed by atoms with van der Waals surface area (Å²) in [5, 5.41) is 0. The van der Waals surface area contributed by atoms with E-state index in [1.807, 2.05) is 6.07 Å². The van der Waals surface area contributed by atoms with Gasteiger partial charge in [0, 0.05) is 32.3 Å². The summed E-state index contributed by atoms with van der Waals surface area (Å²) in [5.74, 6) is 0.000573. The van der Waals surface area contributed by atoms with E-state index in [2.05, 4.69) is 4.98 Å². The van der Waals surface area contributed by atoms with Crippen LogP contribution in [0.25, 0.3) is 0 Å². The van der Waals surface area contributed by atoms with E-state index in [0.717, 1.165) is 5.69 Å². The second-order valence-corrected chi connectivity index (χ2v) is 3.22. The molecular formula is C10H14N2O2. The molecule has 4 nitrogen and oxygen atoms in total. The lowest BCUT2D eigenvalue weighted by Crippen LogP contribution is -2.25. The maximum atomic E-state index is 11.5. The number of nitrogens with one attached hydrogen (secondary N) is 1.